The van der Waals surface area contributed by atoms with Crippen molar-refractivity contribution < 1.29 is 18.7 Å². The van der Waals surface area contributed by atoms with Gasteiger partial charge in [0.05, 0.1) is 13.7 Å². The molecule has 0 saturated carbocycles. The first-order valence-electron chi connectivity index (χ1n) is 10.2. The molecule has 6 heteroatoms. The van der Waals surface area contributed by atoms with Crippen molar-refractivity contribution >= 4 is 33.0 Å². The number of benzene rings is 4. The third-order valence-electron chi connectivity index (χ3n) is 5.62. The molecule has 0 spiro atoms. The highest BCUT2D eigenvalue weighted by Gasteiger charge is 2.17. The number of aromatic nitrogens is 2. The maximum absolute atomic E-state index is 9.40. The Kier molecular flexibility index (Phi) is 4.19. The zero-order valence-corrected chi connectivity index (χ0v) is 17.2. The number of ether oxygens (including phenoxy) is 1. The summed E-state index contributed by atoms with van der Waals surface area (Å²) in [6, 6.07) is 23.1. The lowest BCUT2D eigenvalue weighted by Crippen LogP contribution is -1.86. The van der Waals surface area contributed by atoms with Crippen molar-refractivity contribution in [3.63, 3.8) is 0 Å². The number of hydrogen-bond donors (Lipinski definition) is 1. The Hall–Kier alpha value is -4.16. The Balaban J connectivity index is 1.52. The first kappa shape index (κ1) is 18.6. The molecular weight excluding hydrogens is 404 g/mol. The molecule has 0 fully saturated rings. The van der Waals surface area contributed by atoms with Gasteiger partial charge in [-0.3, -0.25) is 0 Å². The standard InChI is InChI=1S/C26H18N2O4/c1-30-16-7-11-22-24(13-16)32-26(28-22)20-9-8-19(17-4-2-3-5-18(17)20)25-27-21-10-6-15(14-29)12-23(21)31-25/h2-13,29H,14H2,1H3. The van der Waals surface area contributed by atoms with E-state index in [0.29, 0.717) is 22.9 Å². The zero-order chi connectivity index (χ0) is 21.7. The van der Waals surface area contributed by atoms with E-state index in [-0.39, 0.29) is 6.61 Å². The van der Waals surface area contributed by atoms with Gasteiger partial charge >= 0.3 is 0 Å². The van der Waals surface area contributed by atoms with Crippen LogP contribution in [-0.2, 0) is 6.61 Å². The van der Waals surface area contributed by atoms with Crippen LogP contribution in [0.2, 0.25) is 0 Å². The van der Waals surface area contributed by atoms with Crippen molar-refractivity contribution in [1.82, 2.24) is 9.97 Å². The van der Waals surface area contributed by atoms with E-state index in [4.69, 9.17) is 13.6 Å². The molecule has 0 aliphatic heterocycles. The van der Waals surface area contributed by atoms with E-state index in [1.54, 1.807) is 7.11 Å². The minimum absolute atomic E-state index is 0.0417. The van der Waals surface area contributed by atoms with Gasteiger partial charge in [0.2, 0.25) is 11.8 Å². The first-order chi connectivity index (χ1) is 15.7. The van der Waals surface area contributed by atoms with Gasteiger partial charge in [-0.1, -0.05) is 30.3 Å². The van der Waals surface area contributed by atoms with Gasteiger partial charge < -0.3 is 18.7 Å². The number of fused-ring (bicyclic) bond motifs is 3. The second kappa shape index (κ2) is 7.21. The molecule has 32 heavy (non-hydrogen) atoms. The minimum Gasteiger partial charge on any atom is -0.497 e. The second-order valence-corrected chi connectivity index (χ2v) is 7.54. The molecule has 2 aromatic heterocycles. The van der Waals surface area contributed by atoms with Gasteiger partial charge in [-0.25, -0.2) is 9.97 Å². The predicted molar refractivity (Wildman–Crippen MR) is 122 cm³/mol. The van der Waals surface area contributed by atoms with E-state index in [1.807, 2.05) is 72.8 Å². The summed E-state index contributed by atoms with van der Waals surface area (Å²) in [5.74, 6) is 1.79. The molecule has 0 amide bonds. The zero-order valence-electron chi connectivity index (χ0n) is 17.2. The van der Waals surface area contributed by atoms with E-state index in [0.717, 1.165) is 44.2 Å². The fourth-order valence-electron chi connectivity index (χ4n) is 4.00. The van der Waals surface area contributed by atoms with E-state index < -0.39 is 0 Å². The summed E-state index contributed by atoms with van der Waals surface area (Å²) < 4.78 is 17.4. The van der Waals surface area contributed by atoms with Crippen LogP contribution in [0.5, 0.6) is 5.75 Å². The molecule has 0 bridgehead atoms. The Morgan fingerprint density at radius 1 is 0.750 bits per heavy atom. The lowest BCUT2D eigenvalue weighted by Gasteiger charge is -2.07. The van der Waals surface area contributed by atoms with Crippen molar-refractivity contribution in [2.75, 3.05) is 7.11 Å². The number of aliphatic hydroxyl groups excluding tert-OH is 1. The second-order valence-electron chi connectivity index (χ2n) is 7.54. The molecule has 156 valence electrons. The fourth-order valence-corrected chi connectivity index (χ4v) is 4.00. The van der Waals surface area contributed by atoms with Gasteiger partial charge in [-0.2, -0.15) is 0 Å². The predicted octanol–water partition coefficient (Wildman–Crippen LogP) is 5.96. The highest BCUT2D eigenvalue weighted by Crippen LogP contribution is 2.37. The van der Waals surface area contributed by atoms with Gasteiger partial charge in [0, 0.05) is 17.2 Å². The molecule has 6 aromatic rings. The molecule has 0 radical (unpaired) electrons. The topological polar surface area (TPSA) is 81.5 Å². The van der Waals surface area contributed by atoms with Crippen molar-refractivity contribution in [3.8, 4) is 28.7 Å². The van der Waals surface area contributed by atoms with Crippen molar-refractivity contribution in [1.29, 1.82) is 0 Å². The number of rotatable bonds is 4. The first-order valence-corrected chi connectivity index (χ1v) is 10.2. The summed E-state index contributed by atoms with van der Waals surface area (Å²) in [5, 5.41) is 11.4. The van der Waals surface area contributed by atoms with Crippen LogP contribution in [-0.4, -0.2) is 22.2 Å². The Morgan fingerprint density at radius 2 is 1.34 bits per heavy atom. The number of oxazole rings is 2. The number of methoxy groups -OCH3 is 1. The van der Waals surface area contributed by atoms with Crippen LogP contribution in [0.3, 0.4) is 0 Å². The van der Waals surface area contributed by atoms with Gasteiger partial charge in [-0.15, -0.1) is 0 Å². The quantitative estimate of drug-likeness (QED) is 0.378. The van der Waals surface area contributed by atoms with E-state index in [1.165, 1.54) is 0 Å². The average Bonchev–Trinajstić information content (AvgIpc) is 3.46. The van der Waals surface area contributed by atoms with Crippen molar-refractivity contribution in [3.05, 3.63) is 78.4 Å². The highest BCUT2D eigenvalue weighted by atomic mass is 16.5. The van der Waals surface area contributed by atoms with Gasteiger partial charge in [0.1, 0.15) is 16.8 Å². The number of hydrogen-bond acceptors (Lipinski definition) is 6. The third-order valence-corrected chi connectivity index (χ3v) is 5.62. The molecule has 0 aliphatic carbocycles. The maximum Gasteiger partial charge on any atom is 0.227 e. The molecule has 6 rings (SSSR count). The van der Waals surface area contributed by atoms with Gasteiger partial charge in [0.15, 0.2) is 11.2 Å². The van der Waals surface area contributed by atoms with E-state index >= 15 is 0 Å². The Labute approximate surface area is 182 Å². The van der Waals surface area contributed by atoms with Crippen molar-refractivity contribution in [2.24, 2.45) is 0 Å². The van der Waals surface area contributed by atoms with Gasteiger partial charge in [0.25, 0.3) is 0 Å². The molecule has 0 saturated heterocycles. The lowest BCUT2D eigenvalue weighted by molar-refractivity contribution is 0.282. The molecule has 2 heterocycles. The van der Waals surface area contributed by atoms with Crippen molar-refractivity contribution in [2.45, 2.75) is 6.61 Å². The SMILES string of the molecule is COc1ccc2nc(-c3ccc(-c4nc5ccc(CO)cc5o4)c4ccccc34)oc2c1. The Bertz CT molecular complexity index is 1490. The Morgan fingerprint density at radius 3 is 1.94 bits per heavy atom. The highest BCUT2D eigenvalue weighted by molar-refractivity contribution is 6.03. The largest absolute Gasteiger partial charge is 0.497 e. The van der Waals surface area contributed by atoms with E-state index in [2.05, 4.69) is 9.97 Å². The van der Waals surface area contributed by atoms with Crippen LogP contribution in [0.4, 0.5) is 0 Å². The maximum atomic E-state index is 9.40. The molecule has 4 aromatic carbocycles. The van der Waals surface area contributed by atoms with Crippen LogP contribution in [0, 0.1) is 0 Å². The number of aliphatic hydroxyl groups is 1. The molecule has 6 nitrogen and oxygen atoms in total. The lowest BCUT2D eigenvalue weighted by atomic mass is 9.99. The molecule has 0 unspecified atom stereocenters. The average molecular weight is 422 g/mol. The molecule has 0 aliphatic rings. The normalized spacial score (nSPS) is 11.6. The smallest absolute Gasteiger partial charge is 0.227 e. The van der Waals surface area contributed by atoms with Crippen LogP contribution in [0.25, 0.3) is 55.9 Å². The molecule has 1 N–H and O–H groups in total. The fraction of sp³-hybridized carbons (Fsp3) is 0.0769. The summed E-state index contributed by atoms with van der Waals surface area (Å²) in [7, 11) is 1.63. The molecule has 0 atom stereocenters. The van der Waals surface area contributed by atoms with Crippen LogP contribution >= 0.6 is 0 Å². The van der Waals surface area contributed by atoms with Gasteiger partial charge in [-0.05, 0) is 52.7 Å². The summed E-state index contributed by atoms with van der Waals surface area (Å²) in [6.07, 6.45) is 0. The number of nitrogens with zero attached hydrogens (tertiary/aromatic N) is 2. The van der Waals surface area contributed by atoms with Crippen LogP contribution in [0.15, 0.2) is 81.6 Å². The van der Waals surface area contributed by atoms with Crippen LogP contribution in [0.1, 0.15) is 5.56 Å². The third kappa shape index (κ3) is 2.92. The summed E-state index contributed by atoms with van der Waals surface area (Å²) >= 11 is 0. The van der Waals surface area contributed by atoms with E-state index in [9.17, 15) is 5.11 Å². The monoisotopic (exact) mass is 422 g/mol. The summed E-state index contributed by atoms with van der Waals surface area (Å²) in [4.78, 5) is 9.34. The minimum atomic E-state index is -0.0417. The molecular formula is C26H18N2O4. The summed E-state index contributed by atoms with van der Waals surface area (Å²) in [5.41, 5.74) is 5.39. The summed E-state index contributed by atoms with van der Waals surface area (Å²) in [6.45, 7) is -0.0417. The van der Waals surface area contributed by atoms with Crippen LogP contribution < -0.4 is 4.74 Å².